The standard InChI is InChI=1S/C38H57ClO5/c1-6-11-21-40-28-32-27-34(30-17-20-35(39)31(26-30)25-29-15-18-33(19-16-29)41-10-5)37(43-23-13-8-3)38(44-24-14-9-4)36(32)42-22-12-7-2/h15-20,26-27,32,36-38H,6-14,21-25,28H2,1-5H3/t32-,36-,37+,38+/m1/s1. The molecular formula is C38H57ClO5. The number of halogens is 1. The molecule has 5 nitrogen and oxygen atoms in total. The number of unbranched alkanes of at least 4 members (excludes halogenated alkanes) is 4. The summed E-state index contributed by atoms with van der Waals surface area (Å²) in [7, 11) is 0. The third-order valence-corrected chi connectivity index (χ3v) is 8.49. The highest BCUT2D eigenvalue weighted by atomic mass is 35.5. The largest absolute Gasteiger partial charge is 0.494 e. The van der Waals surface area contributed by atoms with E-state index in [2.05, 4.69) is 58.0 Å². The monoisotopic (exact) mass is 628 g/mol. The maximum atomic E-state index is 6.80. The molecule has 4 atom stereocenters. The summed E-state index contributed by atoms with van der Waals surface area (Å²) in [5, 5.41) is 0.762. The molecule has 1 aliphatic rings. The van der Waals surface area contributed by atoms with Crippen molar-refractivity contribution in [2.24, 2.45) is 5.92 Å². The molecule has 44 heavy (non-hydrogen) atoms. The zero-order valence-electron chi connectivity index (χ0n) is 28.0. The average Bonchev–Trinajstić information content (AvgIpc) is 3.03. The number of hydrogen-bond donors (Lipinski definition) is 0. The molecule has 0 N–H and O–H groups in total. The van der Waals surface area contributed by atoms with Crippen molar-refractivity contribution in [2.45, 2.75) is 111 Å². The Morgan fingerprint density at radius 2 is 1.30 bits per heavy atom. The molecular weight excluding hydrogens is 572 g/mol. The molecule has 6 heteroatoms. The SMILES string of the molecule is CCCCOC[C@H]1C=C(c2ccc(Cl)c(Cc3ccc(OCC)cc3)c2)[C@H](OCCCC)[C@@H](OCCCC)[C@@H]1OCCCC. The maximum Gasteiger partial charge on any atom is 0.119 e. The summed E-state index contributed by atoms with van der Waals surface area (Å²) in [6, 6.07) is 14.7. The van der Waals surface area contributed by atoms with Crippen molar-refractivity contribution in [1.82, 2.24) is 0 Å². The van der Waals surface area contributed by atoms with E-state index in [4.69, 9.17) is 35.3 Å². The fourth-order valence-corrected chi connectivity index (χ4v) is 5.71. The minimum atomic E-state index is -0.239. The molecule has 0 fully saturated rings. The first-order valence-electron chi connectivity index (χ1n) is 17.2. The van der Waals surface area contributed by atoms with E-state index in [0.717, 1.165) is 91.9 Å². The Morgan fingerprint density at radius 1 is 0.682 bits per heavy atom. The number of rotatable bonds is 22. The summed E-state index contributed by atoms with van der Waals surface area (Å²) in [4.78, 5) is 0. The van der Waals surface area contributed by atoms with E-state index in [0.29, 0.717) is 33.0 Å². The molecule has 0 amide bonds. The van der Waals surface area contributed by atoms with Gasteiger partial charge in [0.05, 0.1) is 19.3 Å². The van der Waals surface area contributed by atoms with Crippen molar-refractivity contribution in [2.75, 3.05) is 39.6 Å². The Balaban J connectivity index is 2.02. The van der Waals surface area contributed by atoms with Crippen LogP contribution >= 0.6 is 11.6 Å². The molecule has 0 aromatic heterocycles. The minimum Gasteiger partial charge on any atom is -0.494 e. The van der Waals surface area contributed by atoms with Gasteiger partial charge in [-0.3, -0.25) is 0 Å². The van der Waals surface area contributed by atoms with Crippen LogP contribution in [0.25, 0.3) is 5.57 Å². The minimum absolute atomic E-state index is 0.0570. The maximum absolute atomic E-state index is 6.80. The third kappa shape index (κ3) is 11.5. The number of ether oxygens (including phenoxy) is 5. The predicted octanol–water partition coefficient (Wildman–Crippen LogP) is 9.72. The molecule has 0 saturated heterocycles. The van der Waals surface area contributed by atoms with E-state index in [9.17, 15) is 0 Å². The van der Waals surface area contributed by atoms with Gasteiger partial charge in [-0.05, 0) is 85.6 Å². The first-order chi connectivity index (χ1) is 21.6. The summed E-state index contributed by atoms with van der Waals surface area (Å²) >= 11 is 6.80. The highest BCUT2D eigenvalue weighted by Gasteiger charge is 2.43. The molecule has 0 bridgehead atoms. The first-order valence-corrected chi connectivity index (χ1v) is 17.6. The van der Waals surface area contributed by atoms with Gasteiger partial charge in [0.1, 0.15) is 18.0 Å². The summed E-state index contributed by atoms with van der Waals surface area (Å²) < 4.78 is 32.0. The van der Waals surface area contributed by atoms with Crippen LogP contribution in [0.3, 0.4) is 0 Å². The molecule has 1 aliphatic carbocycles. The fourth-order valence-electron chi connectivity index (χ4n) is 5.53. The van der Waals surface area contributed by atoms with Crippen LogP contribution in [0.1, 0.15) is 103 Å². The van der Waals surface area contributed by atoms with Crippen molar-refractivity contribution in [3.05, 3.63) is 70.3 Å². The van der Waals surface area contributed by atoms with Gasteiger partial charge in [-0.15, -0.1) is 0 Å². The Bertz CT molecular complexity index is 1090. The van der Waals surface area contributed by atoms with E-state index in [1.807, 2.05) is 25.1 Å². The van der Waals surface area contributed by atoms with Crippen LogP contribution < -0.4 is 4.74 Å². The highest BCUT2D eigenvalue weighted by Crippen LogP contribution is 2.38. The molecule has 0 unspecified atom stereocenters. The van der Waals surface area contributed by atoms with E-state index >= 15 is 0 Å². The van der Waals surface area contributed by atoms with Crippen molar-refractivity contribution in [3.63, 3.8) is 0 Å². The molecule has 2 aromatic rings. The molecule has 0 radical (unpaired) electrons. The van der Waals surface area contributed by atoms with E-state index < -0.39 is 0 Å². The molecule has 0 saturated carbocycles. The lowest BCUT2D eigenvalue weighted by Gasteiger charge is -2.42. The van der Waals surface area contributed by atoms with Crippen LogP contribution in [0.5, 0.6) is 5.75 Å². The zero-order valence-corrected chi connectivity index (χ0v) is 28.7. The van der Waals surface area contributed by atoms with E-state index in [1.54, 1.807) is 0 Å². The lowest BCUT2D eigenvalue weighted by atomic mass is 9.80. The van der Waals surface area contributed by atoms with Crippen LogP contribution in [0.15, 0.2) is 48.5 Å². The third-order valence-electron chi connectivity index (χ3n) is 8.12. The van der Waals surface area contributed by atoms with Gasteiger partial charge in [0, 0.05) is 37.4 Å². The van der Waals surface area contributed by atoms with Gasteiger partial charge in [-0.2, -0.15) is 0 Å². The van der Waals surface area contributed by atoms with Gasteiger partial charge in [0.15, 0.2) is 0 Å². The van der Waals surface area contributed by atoms with Crippen molar-refractivity contribution >= 4 is 17.2 Å². The van der Waals surface area contributed by atoms with Gasteiger partial charge < -0.3 is 23.7 Å². The molecule has 246 valence electrons. The van der Waals surface area contributed by atoms with Gasteiger partial charge in [-0.1, -0.05) is 89.3 Å². The lowest BCUT2D eigenvalue weighted by molar-refractivity contribution is -0.147. The normalized spacial score (nSPS) is 20.1. The van der Waals surface area contributed by atoms with Gasteiger partial charge >= 0.3 is 0 Å². The van der Waals surface area contributed by atoms with Gasteiger partial charge in [-0.25, -0.2) is 0 Å². The number of hydrogen-bond acceptors (Lipinski definition) is 5. The molecule has 3 rings (SSSR count). The number of benzene rings is 2. The molecule has 0 heterocycles. The molecule has 2 aromatic carbocycles. The zero-order chi connectivity index (χ0) is 31.6. The Morgan fingerprint density at radius 3 is 1.93 bits per heavy atom. The van der Waals surface area contributed by atoms with E-state index in [1.165, 1.54) is 5.56 Å². The summed E-state index contributed by atoms with van der Waals surface area (Å²) in [6.07, 6.45) is 10.9. The average molecular weight is 629 g/mol. The Hall–Kier alpha value is -1.89. The Labute approximate surface area is 272 Å². The quantitative estimate of drug-likeness (QED) is 0.121. The van der Waals surface area contributed by atoms with Crippen molar-refractivity contribution < 1.29 is 23.7 Å². The fraction of sp³-hybridized carbons (Fsp3) is 0.632. The second-order valence-corrected chi connectivity index (χ2v) is 12.2. The Kier molecular flexibility index (Phi) is 17.5. The molecule has 0 aliphatic heterocycles. The second kappa shape index (κ2) is 21.0. The van der Waals surface area contributed by atoms with Gasteiger partial charge in [0.2, 0.25) is 0 Å². The predicted molar refractivity (Wildman–Crippen MR) is 183 cm³/mol. The van der Waals surface area contributed by atoms with Gasteiger partial charge in [0.25, 0.3) is 0 Å². The van der Waals surface area contributed by atoms with Crippen molar-refractivity contribution in [1.29, 1.82) is 0 Å². The smallest absolute Gasteiger partial charge is 0.119 e. The molecule has 0 spiro atoms. The summed E-state index contributed by atoms with van der Waals surface area (Å²) in [5.74, 6) is 0.939. The topological polar surface area (TPSA) is 46.2 Å². The summed E-state index contributed by atoms with van der Waals surface area (Å²) in [5.41, 5.74) is 4.54. The van der Waals surface area contributed by atoms with E-state index in [-0.39, 0.29) is 24.2 Å². The second-order valence-electron chi connectivity index (χ2n) is 11.8. The summed E-state index contributed by atoms with van der Waals surface area (Å²) in [6.45, 7) is 14.9. The van der Waals surface area contributed by atoms with Crippen LogP contribution in [-0.4, -0.2) is 58.0 Å². The van der Waals surface area contributed by atoms with Crippen molar-refractivity contribution in [3.8, 4) is 5.75 Å². The first kappa shape index (κ1) is 36.6. The van der Waals surface area contributed by atoms with Crippen LogP contribution in [0, 0.1) is 5.92 Å². The van der Waals surface area contributed by atoms with Crippen LogP contribution in [0.2, 0.25) is 5.02 Å². The highest BCUT2D eigenvalue weighted by molar-refractivity contribution is 6.31. The lowest BCUT2D eigenvalue weighted by Crippen LogP contribution is -2.51. The van der Waals surface area contributed by atoms with Crippen LogP contribution in [-0.2, 0) is 25.4 Å². The van der Waals surface area contributed by atoms with Crippen LogP contribution in [0.4, 0.5) is 0 Å².